The standard InChI is InChI=1S/C78H95FN8O22/c1-7-78(98)59-39-64-69-56(41-87(64)74(94)58(59)44-107-75(78)95)67-61(19-18-50-46(4)60(79)40-63(83-69)66(50)67)84-76(96)108-42-48-16-17-49(38-55(48)71(91)80-22-23-100-26-27-102-30-31-104-34-35-106-37-36-105-33-32-103-29-28-101-25-24-99-6)82-70(90)47(5)81-73(93)68(45(2)3)86-72(92)62(20-21-65(88)89)85-77(97)109-43-57-53-14-10-8-12-51(53)52-13-9-11-15-54(52)57/h8-17,38-40,45,47,57,61-62,68,98H,7,18-37,41-44H2,1-6H3,(H,80,91)(H,81,93)(H,82,90)(H,84,96)(H,85,97)(H,86,92)(H,88,89)/t47-,61-,62-,68-,78-/m0/s1. The molecule has 0 fully saturated rings. The summed E-state index contributed by atoms with van der Waals surface area (Å²) in [5, 5.41) is 38.0. The predicted octanol–water partition coefficient (Wildman–Crippen LogP) is 6.29. The highest BCUT2D eigenvalue weighted by atomic mass is 19.1. The van der Waals surface area contributed by atoms with Crippen LogP contribution < -0.4 is 37.5 Å². The van der Waals surface area contributed by atoms with Crippen LogP contribution in [0.2, 0.25) is 0 Å². The number of rotatable bonds is 42. The summed E-state index contributed by atoms with van der Waals surface area (Å²) in [6.07, 6.45) is -2.25. The molecule has 30 nitrogen and oxygen atoms in total. The molecule has 6 amide bonds. The maximum absolute atomic E-state index is 15.7. The molecule has 5 atom stereocenters. The molecule has 2 aliphatic carbocycles. The normalized spacial score (nSPS) is 16.0. The minimum atomic E-state index is -2.11. The summed E-state index contributed by atoms with van der Waals surface area (Å²) in [6.45, 7) is 12.5. The topological polar surface area (TPSA) is 386 Å². The summed E-state index contributed by atoms with van der Waals surface area (Å²) < 4.78 is 77.7. The molecule has 4 heterocycles. The van der Waals surface area contributed by atoms with E-state index in [4.69, 9.17) is 57.1 Å². The molecule has 0 saturated heterocycles. The largest absolute Gasteiger partial charge is 0.481 e. The minimum absolute atomic E-state index is 0.00684. The number of aryl methyl sites for hydroxylation is 1. The number of esters is 1. The van der Waals surface area contributed by atoms with E-state index in [2.05, 4.69) is 31.9 Å². The van der Waals surface area contributed by atoms with Crippen molar-refractivity contribution in [3.05, 3.63) is 151 Å². The Morgan fingerprint density at radius 3 is 1.91 bits per heavy atom. The van der Waals surface area contributed by atoms with Crippen molar-refractivity contribution in [2.75, 3.05) is 125 Å². The molecule has 0 radical (unpaired) electrons. The molecule has 2 aliphatic heterocycles. The Bertz CT molecular complexity index is 4300. The summed E-state index contributed by atoms with van der Waals surface area (Å²) in [5.41, 5.74) is 4.79. The van der Waals surface area contributed by atoms with Gasteiger partial charge in [-0.15, -0.1) is 0 Å². The van der Waals surface area contributed by atoms with Crippen LogP contribution in [0.5, 0.6) is 0 Å². The zero-order chi connectivity index (χ0) is 77.7. The summed E-state index contributed by atoms with van der Waals surface area (Å²) in [5.74, 6) is -6.61. The van der Waals surface area contributed by atoms with Crippen LogP contribution in [0.25, 0.3) is 33.4 Å². The van der Waals surface area contributed by atoms with E-state index in [1.165, 1.54) is 35.8 Å². The van der Waals surface area contributed by atoms with Crippen LogP contribution in [0.15, 0.2) is 83.7 Å². The van der Waals surface area contributed by atoms with Crippen LogP contribution in [-0.2, 0) is 108 Å². The van der Waals surface area contributed by atoms with Gasteiger partial charge in [0.2, 0.25) is 17.7 Å². The Morgan fingerprint density at radius 1 is 0.706 bits per heavy atom. The number of nitrogens with one attached hydrogen (secondary N) is 6. The van der Waals surface area contributed by atoms with Gasteiger partial charge >= 0.3 is 24.1 Å². The first kappa shape index (κ1) is 81.7. The number of hydrogen-bond donors (Lipinski definition) is 8. The van der Waals surface area contributed by atoms with Gasteiger partial charge in [0.25, 0.3) is 11.5 Å². The second-order valence-corrected chi connectivity index (χ2v) is 26.9. The molecular weight excluding hydrogens is 1420 g/mol. The number of alkyl carbamates (subject to hydrolysis) is 2. The maximum Gasteiger partial charge on any atom is 0.407 e. The minimum Gasteiger partial charge on any atom is -0.481 e. The smallest absolute Gasteiger partial charge is 0.407 e. The quantitative estimate of drug-likeness (QED) is 0.0118. The molecule has 6 aromatic rings. The van der Waals surface area contributed by atoms with Crippen molar-refractivity contribution in [3.8, 4) is 22.5 Å². The molecule has 4 aliphatic rings. The number of pyridine rings is 2. The Kier molecular flexibility index (Phi) is 29.2. The maximum atomic E-state index is 15.7. The first-order valence-electron chi connectivity index (χ1n) is 36.6. The van der Waals surface area contributed by atoms with E-state index in [0.29, 0.717) is 119 Å². The third-order valence-corrected chi connectivity index (χ3v) is 19.4. The number of aromatic nitrogens is 2. The van der Waals surface area contributed by atoms with E-state index in [9.17, 15) is 53.4 Å². The lowest BCUT2D eigenvalue weighted by Crippen LogP contribution is -2.57. The summed E-state index contributed by atoms with van der Waals surface area (Å²) in [6, 6.07) is 17.8. The number of methoxy groups -OCH3 is 1. The van der Waals surface area contributed by atoms with Gasteiger partial charge in [0.1, 0.15) is 43.8 Å². The zero-order valence-corrected chi connectivity index (χ0v) is 62.0. The first-order valence-corrected chi connectivity index (χ1v) is 36.6. The number of cyclic esters (lactones) is 1. The lowest BCUT2D eigenvalue weighted by Gasteiger charge is -2.31. The molecule has 0 unspecified atom stereocenters. The number of nitrogens with zero attached hydrogens (tertiary/aromatic N) is 2. The highest BCUT2D eigenvalue weighted by molar-refractivity contribution is 6.01. The lowest BCUT2D eigenvalue weighted by atomic mass is 9.81. The predicted molar refractivity (Wildman–Crippen MR) is 392 cm³/mol. The molecule has 31 heteroatoms. The van der Waals surface area contributed by atoms with E-state index in [-0.39, 0.29) is 110 Å². The van der Waals surface area contributed by atoms with Gasteiger partial charge in [-0.3, -0.25) is 28.8 Å². The van der Waals surface area contributed by atoms with Crippen LogP contribution in [0, 0.1) is 18.7 Å². The van der Waals surface area contributed by atoms with Gasteiger partial charge in [-0.2, -0.15) is 0 Å². The fraction of sp³-hybridized carbons (Fsp3) is 0.487. The first-order chi connectivity index (χ1) is 52.6. The van der Waals surface area contributed by atoms with Crippen molar-refractivity contribution in [1.29, 1.82) is 0 Å². The molecule has 586 valence electrons. The summed E-state index contributed by atoms with van der Waals surface area (Å²) in [7, 11) is 1.61. The van der Waals surface area contributed by atoms with Gasteiger partial charge in [0.15, 0.2) is 5.60 Å². The third kappa shape index (κ3) is 20.4. The van der Waals surface area contributed by atoms with Crippen molar-refractivity contribution in [1.82, 2.24) is 36.1 Å². The van der Waals surface area contributed by atoms with Crippen molar-refractivity contribution in [3.63, 3.8) is 0 Å². The number of benzene rings is 4. The number of aliphatic hydroxyl groups is 1. The summed E-state index contributed by atoms with van der Waals surface area (Å²) in [4.78, 5) is 128. The van der Waals surface area contributed by atoms with Gasteiger partial charge in [0.05, 0.1) is 134 Å². The van der Waals surface area contributed by atoms with Crippen molar-refractivity contribution < 1.29 is 105 Å². The molecule has 109 heavy (non-hydrogen) atoms. The number of carboxylic acid groups (broad SMARTS) is 1. The van der Waals surface area contributed by atoms with Gasteiger partial charge in [-0.1, -0.05) is 75.4 Å². The molecule has 8 N–H and O–H groups in total. The summed E-state index contributed by atoms with van der Waals surface area (Å²) >= 11 is 0. The SMILES string of the molecule is CC[C@@]1(O)C(=O)OCc2c1cc1n(c2=O)Cc2c-1nc1cc(F)c(C)c3c1c2[C@@H](NC(=O)OCc1ccc(NC(=O)[C@H](C)NC(=O)[C@@H](NC(=O)[C@H](CCC(=O)O)NC(=O)OCC2c4ccccc4-c4ccccc42)C(C)C)cc1C(=O)NCCOCCOCCOCCOCCOCCOCCOCCOC)CC3. The Labute approximate surface area is 629 Å². The van der Waals surface area contributed by atoms with Crippen molar-refractivity contribution in [2.24, 2.45) is 5.92 Å². The fourth-order valence-corrected chi connectivity index (χ4v) is 13.6. The third-order valence-electron chi connectivity index (χ3n) is 19.4. The van der Waals surface area contributed by atoms with Gasteiger partial charge in [0, 0.05) is 65.4 Å². The zero-order valence-electron chi connectivity index (χ0n) is 62.0. The number of aliphatic carboxylic acids is 1. The monoisotopic (exact) mass is 1510 g/mol. The van der Waals surface area contributed by atoms with E-state index < -0.39 is 108 Å². The van der Waals surface area contributed by atoms with Crippen LogP contribution in [0.3, 0.4) is 0 Å². The van der Waals surface area contributed by atoms with Crippen LogP contribution in [0.4, 0.5) is 19.7 Å². The van der Waals surface area contributed by atoms with Crippen molar-refractivity contribution in [2.45, 2.75) is 122 Å². The van der Waals surface area contributed by atoms with E-state index >= 15 is 4.39 Å². The van der Waals surface area contributed by atoms with Crippen LogP contribution in [0.1, 0.15) is 126 Å². The van der Waals surface area contributed by atoms with Crippen molar-refractivity contribution >= 4 is 64.3 Å². The highest BCUT2D eigenvalue weighted by Crippen LogP contribution is 2.47. The Morgan fingerprint density at radius 2 is 1.31 bits per heavy atom. The van der Waals surface area contributed by atoms with E-state index in [0.717, 1.165) is 22.3 Å². The van der Waals surface area contributed by atoms with Crippen LogP contribution in [-0.4, -0.2) is 205 Å². The number of ether oxygens (including phenoxy) is 11. The number of hydrogen-bond acceptors (Lipinski definition) is 22. The average Bonchev–Trinajstić information content (AvgIpc) is 1.60. The number of fused-ring (bicyclic) bond motifs is 8. The second-order valence-electron chi connectivity index (χ2n) is 26.9. The Hall–Kier alpha value is -9.83. The van der Waals surface area contributed by atoms with Gasteiger partial charge in [-0.05, 0) is 103 Å². The highest BCUT2D eigenvalue weighted by Gasteiger charge is 2.46. The molecule has 4 aromatic carbocycles. The number of carboxylic acids is 1. The Balaban J connectivity index is 0.757. The lowest BCUT2D eigenvalue weighted by molar-refractivity contribution is -0.172. The van der Waals surface area contributed by atoms with Crippen LogP contribution >= 0.6 is 0 Å². The second kappa shape index (κ2) is 39.0. The van der Waals surface area contributed by atoms with E-state index in [1.807, 2.05) is 48.5 Å². The molecule has 0 bridgehead atoms. The number of carbonyl (C=O) groups excluding carboxylic acids is 7. The molecule has 0 saturated carbocycles. The van der Waals surface area contributed by atoms with Gasteiger partial charge in [-0.25, -0.2) is 23.8 Å². The molecule has 2 aromatic heterocycles. The number of halogens is 1. The molecule has 0 spiro atoms. The average molecular weight is 1520 g/mol. The van der Waals surface area contributed by atoms with Gasteiger partial charge < -0.3 is 98.8 Å². The number of anilines is 1. The molecular formula is C78H95FN8O22. The van der Waals surface area contributed by atoms with E-state index in [1.54, 1.807) is 40.9 Å². The molecule has 10 rings (SSSR count). The number of carbonyl (C=O) groups is 8. The fourth-order valence-electron chi connectivity index (χ4n) is 13.6. The number of amides is 6.